The van der Waals surface area contributed by atoms with Gasteiger partial charge in [-0.05, 0) is 35.4 Å². The van der Waals surface area contributed by atoms with Crippen LogP contribution in [0.3, 0.4) is 0 Å². The summed E-state index contributed by atoms with van der Waals surface area (Å²) in [5.74, 6) is 0. The maximum Gasteiger partial charge on any atom is 0.175 e. The summed E-state index contributed by atoms with van der Waals surface area (Å²) in [6.07, 6.45) is 1.18. The van der Waals surface area contributed by atoms with Gasteiger partial charge in [0.1, 0.15) is 0 Å². The smallest absolute Gasteiger partial charge is 0.175 e. The van der Waals surface area contributed by atoms with Crippen LogP contribution in [0.5, 0.6) is 0 Å². The fourth-order valence-electron chi connectivity index (χ4n) is 1.83. The Hall–Kier alpha value is -1.36. The maximum absolute atomic E-state index is 11.5. The summed E-state index contributed by atoms with van der Waals surface area (Å²) in [7, 11) is -3.23. The average Bonchev–Trinajstić information content (AvgIpc) is 2.37. The van der Waals surface area contributed by atoms with Crippen LogP contribution in [-0.4, -0.2) is 14.7 Å². The molecule has 0 aliphatic carbocycles. The summed E-state index contributed by atoms with van der Waals surface area (Å²) in [5.41, 5.74) is 7.73. The van der Waals surface area contributed by atoms with E-state index in [0.29, 0.717) is 5.02 Å². The first-order chi connectivity index (χ1) is 8.88. The van der Waals surface area contributed by atoms with Crippen molar-refractivity contribution in [2.24, 2.45) is 5.73 Å². The van der Waals surface area contributed by atoms with Crippen LogP contribution < -0.4 is 5.73 Å². The van der Waals surface area contributed by atoms with Crippen LogP contribution in [0.25, 0.3) is 0 Å². The molecule has 2 N–H and O–H groups in total. The fourth-order valence-corrected chi connectivity index (χ4v) is 2.71. The van der Waals surface area contributed by atoms with E-state index in [1.165, 1.54) is 6.26 Å². The summed E-state index contributed by atoms with van der Waals surface area (Å²) >= 11 is 5.93. The number of halogens is 1. The van der Waals surface area contributed by atoms with E-state index >= 15 is 0 Å². The van der Waals surface area contributed by atoms with E-state index in [1.54, 1.807) is 36.4 Å². The first kappa shape index (κ1) is 14.1. The highest BCUT2D eigenvalue weighted by Crippen LogP contribution is 2.24. The zero-order chi connectivity index (χ0) is 14.0. The van der Waals surface area contributed by atoms with Crippen LogP contribution in [-0.2, 0) is 9.84 Å². The predicted octanol–water partition coefficient (Wildman–Crippen LogP) is 2.79. The first-order valence-corrected chi connectivity index (χ1v) is 7.96. The van der Waals surface area contributed by atoms with E-state index in [4.69, 9.17) is 17.3 Å². The summed E-state index contributed by atoms with van der Waals surface area (Å²) in [5, 5.41) is 0.604. The average molecular weight is 296 g/mol. The Labute approximate surface area is 117 Å². The molecule has 0 amide bonds. The Kier molecular flexibility index (Phi) is 3.94. The van der Waals surface area contributed by atoms with Gasteiger partial charge in [-0.25, -0.2) is 8.42 Å². The quantitative estimate of drug-likeness (QED) is 0.947. The van der Waals surface area contributed by atoms with Gasteiger partial charge in [0.15, 0.2) is 9.84 Å². The molecule has 19 heavy (non-hydrogen) atoms. The number of hydrogen-bond donors (Lipinski definition) is 1. The molecule has 0 radical (unpaired) electrons. The van der Waals surface area contributed by atoms with E-state index < -0.39 is 15.9 Å². The molecule has 3 nitrogen and oxygen atoms in total. The molecule has 100 valence electrons. The lowest BCUT2D eigenvalue weighted by Gasteiger charge is -2.13. The van der Waals surface area contributed by atoms with Crippen LogP contribution >= 0.6 is 11.6 Å². The Balaban J connectivity index is 2.42. The fraction of sp³-hybridized carbons (Fsp3) is 0.143. The molecule has 0 heterocycles. The van der Waals surface area contributed by atoms with Crippen LogP contribution in [0, 0.1) is 0 Å². The Morgan fingerprint density at radius 2 is 1.63 bits per heavy atom. The lowest BCUT2D eigenvalue weighted by Crippen LogP contribution is -2.12. The third kappa shape index (κ3) is 3.35. The summed E-state index contributed by atoms with van der Waals surface area (Å²) < 4.78 is 23.1. The van der Waals surface area contributed by atoms with Crippen molar-refractivity contribution in [3.63, 3.8) is 0 Å². The van der Waals surface area contributed by atoms with Gasteiger partial charge < -0.3 is 5.73 Å². The third-order valence-electron chi connectivity index (χ3n) is 2.85. The molecular weight excluding hydrogens is 282 g/mol. The molecule has 2 aromatic rings. The van der Waals surface area contributed by atoms with Crippen molar-refractivity contribution in [1.82, 2.24) is 0 Å². The topological polar surface area (TPSA) is 60.2 Å². The van der Waals surface area contributed by atoms with Gasteiger partial charge >= 0.3 is 0 Å². The van der Waals surface area contributed by atoms with Crippen molar-refractivity contribution in [3.8, 4) is 0 Å². The van der Waals surface area contributed by atoms with E-state index in [9.17, 15) is 8.42 Å². The number of sulfone groups is 1. The Morgan fingerprint density at radius 1 is 1.05 bits per heavy atom. The summed E-state index contributed by atoms with van der Waals surface area (Å²) in [4.78, 5) is 0.266. The van der Waals surface area contributed by atoms with Gasteiger partial charge in [0, 0.05) is 11.3 Å². The van der Waals surface area contributed by atoms with Crippen molar-refractivity contribution in [2.45, 2.75) is 10.9 Å². The molecule has 0 aliphatic heterocycles. The van der Waals surface area contributed by atoms with Crippen LogP contribution in [0.4, 0.5) is 0 Å². The third-order valence-corrected chi connectivity index (χ3v) is 4.20. The number of rotatable bonds is 3. The van der Waals surface area contributed by atoms with Gasteiger partial charge in [-0.15, -0.1) is 0 Å². The SMILES string of the molecule is CS(=O)(=O)c1cccc(C(N)c2cccc(Cl)c2)c1. The molecule has 5 heteroatoms. The highest BCUT2D eigenvalue weighted by atomic mass is 35.5. The minimum Gasteiger partial charge on any atom is -0.320 e. The number of nitrogens with two attached hydrogens (primary N) is 1. The van der Waals surface area contributed by atoms with E-state index in [2.05, 4.69) is 0 Å². The largest absolute Gasteiger partial charge is 0.320 e. The van der Waals surface area contributed by atoms with Gasteiger partial charge in [-0.1, -0.05) is 35.9 Å². The van der Waals surface area contributed by atoms with Crippen LogP contribution in [0.2, 0.25) is 5.02 Å². The lowest BCUT2D eigenvalue weighted by molar-refractivity contribution is 0.601. The number of benzene rings is 2. The van der Waals surface area contributed by atoms with E-state index in [1.807, 2.05) is 12.1 Å². The van der Waals surface area contributed by atoms with Gasteiger partial charge in [0.05, 0.1) is 10.9 Å². The molecular formula is C14H14ClNO2S. The number of hydrogen-bond acceptors (Lipinski definition) is 3. The lowest BCUT2D eigenvalue weighted by atomic mass is 10.00. The van der Waals surface area contributed by atoms with E-state index in [0.717, 1.165) is 11.1 Å². The molecule has 0 fully saturated rings. The minimum atomic E-state index is -3.23. The summed E-state index contributed by atoms with van der Waals surface area (Å²) in [6.45, 7) is 0. The zero-order valence-corrected chi connectivity index (χ0v) is 11.9. The standard InChI is InChI=1S/C14H14ClNO2S/c1-19(17,18)13-7-3-5-11(9-13)14(16)10-4-2-6-12(15)8-10/h2-9,14H,16H2,1H3. The molecule has 2 aromatic carbocycles. The van der Waals surface area contributed by atoms with E-state index in [-0.39, 0.29) is 4.90 Å². The predicted molar refractivity (Wildman–Crippen MR) is 77.0 cm³/mol. The van der Waals surface area contributed by atoms with Crippen molar-refractivity contribution in [1.29, 1.82) is 0 Å². The summed E-state index contributed by atoms with van der Waals surface area (Å²) in [6, 6.07) is 13.5. The molecule has 0 saturated carbocycles. The van der Waals surface area contributed by atoms with Gasteiger partial charge in [-0.3, -0.25) is 0 Å². The highest BCUT2D eigenvalue weighted by molar-refractivity contribution is 7.90. The second kappa shape index (κ2) is 5.33. The van der Waals surface area contributed by atoms with Crippen LogP contribution in [0.15, 0.2) is 53.4 Å². The molecule has 0 saturated heterocycles. The zero-order valence-electron chi connectivity index (χ0n) is 10.4. The van der Waals surface area contributed by atoms with Crippen LogP contribution in [0.1, 0.15) is 17.2 Å². The molecule has 0 aliphatic rings. The molecule has 0 aromatic heterocycles. The van der Waals surface area contributed by atoms with Gasteiger partial charge in [0.2, 0.25) is 0 Å². The Bertz CT molecular complexity index is 698. The van der Waals surface area contributed by atoms with Crippen molar-refractivity contribution >= 4 is 21.4 Å². The Morgan fingerprint density at radius 3 is 2.21 bits per heavy atom. The second-order valence-corrected chi connectivity index (χ2v) is 6.83. The van der Waals surface area contributed by atoms with Crippen molar-refractivity contribution in [3.05, 3.63) is 64.7 Å². The molecule has 2 rings (SSSR count). The van der Waals surface area contributed by atoms with Crippen molar-refractivity contribution in [2.75, 3.05) is 6.26 Å². The molecule has 1 unspecified atom stereocenters. The normalized spacial score (nSPS) is 13.2. The molecule has 0 spiro atoms. The highest BCUT2D eigenvalue weighted by Gasteiger charge is 2.13. The minimum absolute atomic E-state index is 0.266. The van der Waals surface area contributed by atoms with Crippen molar-refractivity contribution < 1.29 is 8.42 Å². The van der Waals surface area contributed by atoms with Gasteiger partial charge in [0.25, 0.3) is 0 Å². The maximum atomic E-state index is 11.5. The monoisotopic (exact) mass is 295 g/mol. The van der Waals surface area contributed by atoms with Gasteiger partial charge in [-0.2, -0.15) is 0 Å². The second-order valence-electron chi connectivity index (χ2n) is 4.38. The molecule has 1 atom stereocenters. The molecule has 0 bridgehead atoms. The first-order valence-electron chi connectivity index (χ1n) is 5.69.